The summed E-state index contributed by atoms with van der Waals surface area (Å²) in [5.74, 6) is -8.69. The van der Waals surface area contributed by atoms with E-state index in [1.165, 1.54) is 7.05 Å². The third-order valence-electron chi connectivity index (χ3n) is 4.20. The van der Waals surface area contributed by atoms with Crippen molar-refractivity contribution in [1.82, 2.24) is 9.97 Å². The number of nitrogens with zero attached hydrogens (tertiary/aromatic N) is 2. The first kappa shape index (κ1) is 24.9. The molecule has 12 heteroatoms. The van der Waals surface area contributed by atoms with Crippen LogP contribution < -0.4 is 5.32 Å². The van der Waals surface area contributed by atoms with Crippen LogP contribution in [0.2, 0.25) is 0 Å². The maximum Gasteiger partial charge on any atom is 0.458 e. The van der Waals surface area contributed by atoms with E-state index in [1.807, 2.05) is 0 Å². The predicted octanol–water partition coefficient (Wildman–Crippen LogP) is 5.82. The molecule has 0 aliphatic heterocycles. The third kappa shape index (κ3) is 5.46. The fourth-order valence-corrected chi connectivity index (χ4v) is 3.45. The number of carbonyl (C=O) groups excluding carboxylic acids is 1. The molecule has 0 radical (unpaired) electrons. The van der Waals surface area contributed by atoms with Crippen molar-refractivity contribution in [3.8, 4) is 0 Å². The summed E-state index contributed by atoms with van der Waals surface area (Å²) in [5, 5.41) is 2.66. The summed E-state index contributed by atoms with van der Waals surface area (Å²) in [4.78, 5) is 20.0. The average molecular weight is 469 g/mol. The highest BCUT2D eigenvalue weighted by molar-refractivity contribution is 7.99. The Bertz CT molecular complexity index is 958. The number of aromatic nitrogens is 2. The van der Waals surface area contributed by atoms with E-state index in [0.29, 0.717) is 19.2 Å². The number of rotatable bonds is 8. The molecule has 31 heavy (non-hydrogen) atoms. The first-order valence-corrected chi connectivity index (χ1v) is 9.87. The lowest BCUT2D eigenvalue weighted by Gasteiger charge is -2.20. The van der Waals surface area contributed by atoms with Crippen molar-refractivity contribution < 1.29 is 35.5 Å². The van der Waals surface area contributed by atoms with Crippen LogP contribution in [0.4, 0.5) is 36.6 Å². The maximum atomic E-state index is 13.7. The number of hydrogen-bond donors (Lipinski definition) is 1. The van der Waals surface area contributed by atoms with Crippen LogP contribution in [0.1, 0.15) is 41.0 Å². The first-order valence-electron chi connectivity index (χ1n) is 8.88. The van der Waals surface area contributed by atoms with Crippen LogP contribution in [0.15, 0.2) is 29.4 Å². The van der Waals surface area contributed by atoms with Crippen molar-refractivity contribution in [3.63, 3.8) is 0 Å². The third-order valence-corrected chi connectivity index (χ3v) is 5.11. The number of alkyl halides is 7. The minimum absolute atomic E-state index is 0.102. The van der Waals surface area contributed by atoms with Crippen molar-refractivity contribution in [2.24, 2.45) is 0 Å². The van der Waals surface area contributed by atoms with Crippen molar-refractivity contribution in [2.75, 3.05) is 18.1 Å². The molecule has 0 aliphatic carbocycles. The number of ketones is 1. The highest BCUT2D eigenvalue weighted by Crippen LogP contribution is 2.44. The van der Waals surface area contributed by atoms with E-state index in [9.17, 15) is 35.5 Å². The molecular weight excluding hydrogens is 451 g/mol. The van der Waals surface area contributed by atoms with Crippen LogP contribution in [-0.2, 0) is 18.3 Å². The molecule has 0 aliphatic rings. The quantitative estimate of drug-likeness (QED) is 0.300. The predicted molar refractivity (Wildman–Crippen MR) is 102 cm³/mol. The normalized spacial score (nSPS) is 12.7. The molecule has 0 amide bonds. The summed E-state index contributed by atoms with van der Waals surface area (Å²) >= 11 is 0.864. The number of carbonyl (C=O) groups is 1. The SMILES string of the molecule is CCSc1cc(C(F)(F)C(F)(F)F)cnc1C(=O)Cc1cc(C(C)(F)F)cnc1NC. The lowest BCUT2D eigenvalue weighted by atomic mass is 10.0. The van der Waals surface area contributed by atoms with Crippen LogP contribution in [0.5, 0.6) is 0 Å². The second kappa shape index (κ2) is 9.01. The van der Waals surface area contributed by atoms with Crippen molar-refractivity contribution in [1.29, 1.82) is 0 Å². The van der Waals surface area contributed by atoms with E-state index in [1.54, 1.807) is 6.92 Å². The van der Waals surface area contributed by atoms with E-state index < -0.39 is 41.4 Å². The van der Waals surface area contributed by atoms with E-state index in [0.717, 1.165) is 24.0 Å². The molecule has 4 nitrogen and oxygen atoms in total. The van der Waals surface area contributed by atoms with E-state index in [2.05, 4.69) is 15.3 Å². The Morgan fingerprint density at radius 3 is 2.16 bits per heavy atom. The minimum atomic E-state index is -5.83. The Morgan fingerprint density at radius 1 is 1.03 bits per heavy atom. The van der Waals surface area contributed by atoms with Gasteiger partial charge in [0.2, 0.25) is 0 Å². The van der Waals surface area contributed by atoms with Crippen LogP contribution in [0, 0.1) is 0 Å². The van der Waals surface area contributed by atoms with E-state index in [4.69, 9.17) is 0 Å². The molecule has 0 spiro atoms. The van der Waals surface area contributed by atoms with Crippen LogP contribution >= 0.6 is 11.8 Å². The zero-order valence-electron chi connectivity index (χ0n) is 16.6. The summed E-state index contributed by atoms with van der Waals surface area (Å²) in [6.45, 7) is 2.27. The number of halogens is 7. The number of pyridine rings is 2. The number of Topliss-reactive ketones (excluding diaryl/α,β-unsaturated/α-hetero) is 1. The fraction of sp³-hybridized carbons (Fsp3) is 0.421. The molecule has 2 aromatic heterocycles. The molecule has 170 valence electrons. The molecule has 0 aromatic carbocycles. The summed E-state index contributed by atoms with van der Waals surface area (Å²) in [7, 11) is 1.46. The molecule has 0 unspecified atom stereocenters. The molecule has 1 N–H and O–H groups in total. The zero-order valence-corrected chi connectivity index (χ0v) is 17.4. The van der Waals surface area contributed by atoms with Gasteiger partial charge in [-0.05, 0) is 17.9 Å². The van der Waals surface area contributed by atoms with Gasteiger partial charge in [-0.25, -0.2) is 13.8 Å². The smallest absolute Gasteiger partial charge is 0.373 e. The van der Waals surface area contributed by atoms with Crippen molar-refractivity contribution in [3.05, 3.63) is 46.9 Å². The monoisotopic (exact) mass is 469 g/mol. The van der Waals surface area contributed by atoms with Crippen molar-refractivity contribution >= 4 is 23.4 Å². The Labute approximate surface area is 177 Å². The van der Waals surface area contributed by atoms with Gasteiger partial charge in [0, 0.05) is 54.4 Å². The fourth-order valence-electron chi connectivity index (χ4n) is 2.62. The van der Waals surface area contributed by atoms with Gasteiger partial charge in [-0.3, -0.25) is 9.78 Å². The first-order chi connectivity index (χ1) is 14.2. The highest BCUT2D eigenvalue weighted by atomic mass is 32.2. The summed E-state index contributed by atoms with van der Waals surface area (Å²) in [5.41, 5.74) is -2.06. The lowest BCUT2D eigenvalue weighted by molar-refractivity contribution is -0.289. The van der Waals surface area contributed by atoms with Gasteiger partial charge < -0.3 is 5.32 Å². The zero-order chi connectivity index (χ0) is 23.6. The molecular formula is C19H18F7N3OS. The standard InChI is InChI=1S/C19H18F7N3OS/c1-4-31-14-7-12(18(22,23)19(24,25)26)9-28-15(14)13(30)6-10-5-11(17(2,20)21)8-29-16(10)27-3/h5,7-9H,4,6H2,1-3H3,(H,27,29). The number of anilines is 1. The Hall–Kier alpha value is -2.37. The van der Waals surface area contributed by atoms with Gasteiger partial charge in [0.15, 0.2) is 5.78 Å². The van der Waals surface area contributed by atoms with Crippen LogP contribution in [-0.4, -0.2) is 34.7 Å². The van der Waals surface area contributed by atoms with Gasteiger partial charge in [0.1, 0.15) is 11.5 Å². The largest absolute Gasteiger partial charge is 0.458 e. The van der Waals surface area contributed by atoms with E-state index >= 15 is 0 Å². The molecule has 0 bridgehead atoms. The number of hydrogen-bond acceptors (Lipinski definition) is 5. The molecule has 0 atom stereocenters. The van der Waals surface area contributed by atoms with Crippen LogP contribution in [0.25, 0.3) is 0 Å². The Morgan fingerprint density at radius 2 is 1.65 bits per heavy atom. The number of thioether (sulfide) groups is 1. The molecule has 0 saturated heterocycles. The average Bonchev–Trinajstić information content (AvgIpc) is 2.66. The summed E-state index contributed by atoms with van der Waals surface area (Å²) < 4.78 is 92.6. The van der Waals surface area contributed by atoms with Gasteiger partial charge >= 0.3 is 12.1 Å². The van der Waals surface area contributed by atoms with Gasteiger partial charge in [-0.15, -0.1) is 11.8 Å². The van der Waals surface area contributed by atoms with Gasteiger partial charge in [-0.2, -0.15) is 22.0 Å². The minimum Gasteiger partial charge on any atom is -0.373 e. The Kier molecular flexibility index (Phi) is 7.24. The molecule has 0 saturated carbocycles. The maximum absolute atomic E-state index is 13.7. The molecule has 2 aromatic rings. The topological polar surface area (TPSA) is 54.9 Å². The molecule has 2 heterocycles. The highest BCUT2D eigenvalue weighted by Gasteiger charge is 2.59. The molecule has 0 fully saturated rings. The van der Waals surface area contributed by atoms with Gasteiger partial charge in [0.05, 0.1) is 0 Å². The second-order valence-electron chi connectivity index (χ2n) is 6.55. The summed E-state index contributed by atoms with van der Waals surface area (Å²) in [6, 6.07) is 1.66. The van der Waals surface area contributed by atoms with Crippen molar-refractivity contribution in [2.45, 2.75) is 43.2 Å². The van der Waals surface area contributed by atoms with E-state index in [-0.39, 0.29) is 27.7 Å². The second-order valence-corrected chi connectivity index (χ2v) is 7.85. The lowest BCUT2D eigenvalue weighted by Crippen LogP contribution is -2.34. The Balaban J connectivity index is 2.46. The van der Waals surface area contributed by atoms with Gasteiger partial charge in [0.25, 0.3) is 5.92 Å². The van der Waals surface area contributed by atoms with Crippen LogP contribution in [0.3, 0.4) is 0 Å². The number of nitrogens with one attached hydrogen (secondary N) is 1. The molecule has 2 rings (SSSR count). The summed E-state index contributed by atoms with van der Waals surface area (Å²) in [6.07, 6.45) is -5.04. The van der Waals surface area contributed by atoms with Gasteiger partial charge in [-0.1, -0.05) is 6.92 Å².